The lowest BCUT2D eigenvalue weighted by atomic mass is 9.72. The molecule has 1 heterocycles. The minimum Gasteiger partial charge on any atom is -0.361 e. The summed E-state index contributed by atoms with van der Waals surface area (Å²) in [5.41, 5.74) is 8.43. The van der Waals surface area contributed by atoms with Gasteiger partial charge in [0.2, 0.25) is 0 Å². The molecule has 0 bridgehead atoms. The van der Waals surface area contributed by atoms with Crippen LogP contribution in [0.5, 0.6) is 0 Å². The van der Waals surface area contributed by atoms with Crippen molar-refractivity contribution in [3.05, 3.63) is 17.0 Å². The number of hydrogen-bond acceptors (Lipinski definition) is 3. The Balaban J connectivity index is 2.49. The highest BCUT2D eigenvalue weighted by Crippen LogP contribution is 2.42. The maximum Gasteiger partial charge on any atom is 0.141 e. The van der Waals surface area contributed by atoms with Gasteiger partial charge in [-0.2, -0.15) is 0 Å². The largest absolute Gasteiger partial charge is 0.361 e. The van der Waals surface area contributed by atoms with Crippen LogP contribution in [0.4, 0.5) is 0 Å². The second kappa shape index (κ2) is 2.58. The lowest BCUT2D eigenvalue weighted by molar-refractivity contribution is 0.230. The normalized spacial score (nSPS) is 25.7. The average Bonchev–Trinajstić information content (AvgIpc) is 2.41. The molecular formula is C10H16N2O. The molecule has 0 spiro atoms. The number of aryl methyl sites for hydroxylation is 2. The minimum atomic E-state index is 0.0718. The Morgan fingerprint density at radius 2 is 2.23 bits per heavy atom. The van der Waals surface area contributed by atoms with E-state index in [1.54, 1.807) is 0 Å². The van der Waals surface area contributed by atoms with Crippen LogP contribution in [0.3, 0.4) is 0 Å². The van der Waals surface area contributed by atoms with Gasteiger partial charge in [0.15, 0.2) is 0 Å². The second-order valence-corrected chi connectivity index (χ2v) is 4.57. The summed E-state index contributed by atoms with van der Waals surface area (Å²) in [6.07, 6.45) is 2.05. The van der Waals surface area contributed by atoms with Gasteiger partial charge >= 0.3 is 0 Å². The van der Waals surface area contributed by atoms with Crippen LogP contribution in [0.25, 0.3) is 0 Å². The SMILES string of the molecule is Cc1noc2c1C(N)C(C)(C)CC2. The van der Waals surface area contributed by atoms with Crippen molar-refractivity contribution in [2.45, 2.75) is 39.7 Å². The van der Waals surface area contributed by atoms with E-state index in [2.05, 4.69) is 19.0 Å². The summed E-state index contributed by atoms with van der Waals surface area (Å²) in [5, 5.41) is 3.96. The molecule has 3 heteroatoms. The molecule has 2 N–H and O–H groups in total. The van der Waals surface area contributed by atoms with Gasteiger partial charge in [0.25, 0.3) is 0 Å². The van der Waals surface area contributed by atoms with Crippen molar-refractivity contribution in [2.75, 3.05) is 0 Å². The van der Waals surface area contributed by atoms with Gasteiger partial charge in [-0.15, -0.1) is 0 Å². The van der Waals surface area contributed by atoms with Crippen molar-refractivity contribution in [1.82, 2.24) is 5.16 Å². The molecule has 0 saturated heterocycles. The Morgan fingerprint density at radius 1 is 1.54 bits per heavy atom. The van der Waals surface area contributed by atoms with E-state index < -0.39 is 0 Å². The van der Waals surface area contributed by atoms with Crippen LogP contribution in [-0.2, 0) is 6.42 Å². The van der Waals surface area contributed by atoms with Gasteiger partial charge in [-0.05, 0) is 18.8 Å². The molecule has 72 valence electrons. The second-order valence-electron chi connectivity index (χ2n) is 4.57. The first-order valence-corrected chi connectivity index (χ1v) is 4.73. The number of nitrogens with zero attached hydrogens (tertiary/aromatic N) is 1. The van der Waals surface area contributed by atoms with E-state index >= 15 is 0 Å². The van der Waals surface area contributed by atoms with Crippen LogP contribution in [0.2, 0.25) is 0 Å². The monoisotopic (exact) mass is 180 g/mol. The van der Waals surface area contributed by atoms with Crippen LogP contribution in [0.15, 0.2) is 4.52 Å². The van der Waals surface area contributed by atoms with E-state index in [9.17, 15) is 0 Å². The molecule has 2 rings (SSSR count). The number of aromatic nitrogens is 1. The molecule has 0 aliphatic heterocycles. The molecule has 1 aromatic rings. The molecular weight excluding hydrogens is 164 g/mol. The van der Waals surface area contributed by atoms with E-state index in [1.807, 2.05) is 6.92 Å². The quantitative estimate of drug-likeness (QED) is 0.664. The van der Waals surface area contributed by atoms with Crippen molar-refractivity contribution in [3.63, 3.8) is 0 Å². The van der Waals surface area contributed by atoms with Crippen molar-refractivity contribution in [1.29, 1.82) is 0 Å². The van der Waals surface area contributed by atoms with E-state index in [0.29, 0.717) is 0 Å². The number of fused-ring (bicyclic) bond motifs is 1. The summed E-state index contributed by atoms with van der Waals surface area (Å²) in [7, 11) is 0. The maximum atomic E-state index is 6.17. The molecule has 0 fully saturated rings. The third kappa shape index (κ3) is 1.18. The molecule has 1 aromatic heterocycles. The van der Waals surface area contributed by atoms with Crippen molar-refractivity contribution in [2.24, 2.45) is 11.1 Å². The molecule has 0 amide bonds. The Morgan fingerprint density at radius 3 is 2.92 bits per heavy atom. The molecule has 0 aromatic carbocycles. The van der Waals surface area contributed by atoms with Gasteiger partial charge in [-0.1, -0.05) is 19.0 Å². The van der Waals surface area contributed by atoms with Crippen LogP contribution in [-0.4, -0.2) is 5.16 Å². The summed E-state index contributed by atoms with van der Waals surface area (Å²) in [4.78, 5) is 0. The first-order valence-electron chi connectivity index (χ1n) is 4.73. The van der Waals surface area contributed by atoms with Gasteiger partial charge < -0.3 is 10.3 Å². The third-order valence-electron chi connectivity index (χ3n) is 3.13. The summed E-state index contributed by atoms with van der Waals surface area (Å²) < 4.78 is 5.22. The maximum absolute atomic E-state index is 6.17. The smallest absolute Gasteiger partial charge is 0.141 e. The highest BCUT2D eigenvalue weighted by atomic mass is 16.5. The zero-order valence-electron chi connectivity index (χ0n) is 8.42. The highest BCUT2D eigenvalue weighted by Gasteiger charge is 2.36. The van der Waals surface area contributed by atoms with Crippen LogP contribution in [0.1, 0.15) is 43.3 Å². The summed E-state index contributed by atoms with van der Waals surface area (Å²) in [6, 6.07) is 0.0718. The first kappa shape index (κ1) is 8.75. The first-order chi connectivity index (χ1) is 6.02. The minimum absolute atomic E-state index is 0.0718. The van der Waals surface area contributed by atoms with Crippen molar-refractivity contribution < 1.29 is 4.52 Å². The van der Waals surface area contributed by atoms with Gasteiger partial charge in [0.1, 0.15) is 5.76 Å². The summed E-state index contributed by atoms with van der Waals surface area (Å²) in [5.74, 6) is 0.990. The van der Waals surface area contributed by atoms with E-state index in [0.717, 1.165) is 29.9 Å². The van der Waals surface area contributed by atoms with E-state index in [1.165, 1.54) is 0 Å². The fraction of sp³-hybridized carbons (Fsp3) is 0.700. The molecule has 0 saturated carbocycles. The van der Waals surface area contributed by atoms with E-state index in [-0.39, 0.29) is 11.5 Å². The average molecular weight is 180 g/mol. The third-order valence-corrected chi connectivity index (χ3v) is 3.13. The topological polar surface area (TPSA) is 52.0 Å². The molecule has 13 heavy (non-hydrogen) atoms. The van der Waals surface area contributed by atoms with Crippen molar-refractivity contribution >= 4 is 0 Å². The van der Waals surface area contributed by atoms with Crippen LogP contribution < -0.4 is 5.73 Å². The van der Waals surface area contributed by atoms with Gasteiger partial charge in [0, 0.05) is 18.0 Å². The molecule has 3 nitrogen and oxygen atoms in total. The number of rotatable bonds is 0. The lowest BCUT2D eigenvalue weighted by Crippen LogP contribution is -2.33. The van der Waals surface area contributed by atoms with Crippen molar-refractivity contribution in [3.8, 4) is 0 Å². The predicted molar refractivity (Wildman–Crippen MR) is 50.3 cm³/mol. The zero-order chi connectivity index (χ0) is 9.64. The van der Waals surface area contributed by atoms with E-state index in [4.69, 9.17) is 10.3 Å². The van der Waals surface area contributed by atoms with Crippen LogP contribution >= 0.6 is 0 Å². The summed E-state index contributed by atoms with van der Waals surface area (Å²) in [6.45, 7) is 6.36. The Bertz CT molecular complexity index is 328. The molecule has 0 radical (unpaired) electrons. The van der Waals surface area contributed by atoms with Gasteiger partial charge in [0.05, 0.1) is 5.69 Å². The predicted octanol–water partition coefficient (Wildman–Crippen LogP) is 1.96. The summed E-state index contributed by atoms with van der Waals surface area (Å²) >= 11 is 0. The Labute approximate surface area is 78.3 Å². The Hall–Kier alpha value is -0.830. The number of hydrogen-bond donors (Lipinski definition) is 1. The zero-order valence-corrected chi connectivity index (χ0v) is 8.42. The van der Waals surface area contributed by atoms with Gasteiger partial charge in [-0.25, -0.2) is 0 Å². The molecule has 1 aliphatic rings. The fourth-order valence-corrected chi connectivity index (χ4v) is 1.98. The number of nitrogens with two attached hydrogens (primary N) is 1. The Kier molecular flexibility index (Phi) is 1.74. The lowest BCUT2D eigenvalue weighted by Gasteiger charge is -2.35. The standard InChI is InChI=1S/C10H16N2O/c1-6-8-7(13-12-6)4-5-10(2,3)9(8)11/h9H,4-5,11H2,1-3H3. The fourth-order valence-electron chi connectivity index (χ4n) is 1.98. The van der Waals surface area contributed by atoms with Crippen LogP contribution in [0, 0.1) is 12.3 Å². The molecule has 1 atom stereocenters. The molecule has 1 aliphatic carbocycles. The van der Waals surface area contributed by atoms with Gasteiger partial charge in [-0.3, -0.25) is 0 Å². The molecule has 1 unspecified atom stereocenters. The highest BCUT2D eigenvalue weighted by molar-refractivity contribution is 5.30.